The highest BCUT2D eigenvalue weighted by Gasteiger charge is 2.39. The van der Waals surface area contributed by atoms with Crippen LogP contribution < -0.4 is 5.32 Å². The topological polar surface area (TPSA) is 113 Å². The first-order valence-corrected chi connectivity index (χ1v) is 14.9. The number of carboxylic acids is 1. The maximum absolute atomic E-state index is 13.5. The number of carbonyl (C=O) groups excluding carboxylic acids is 1. The van der Waals surface area contributed by atoms with Gasteiger partial charge in [0.1, 0.15) is 6.04 Å². The minimum absolute atomic E-state index is 0.166. The lowest BCUT2D eigenvalue weighted by Gasteiger charge is -2.44. The van der Waals surface area contributed by atoms with Crippen LogP contribution in [0.2, 0.25) is 10.0 Å². The molecule has 0 radical (unpaired) electrons. The van der Waals surface area contributed by atoms with Crippen LogP contribution in [0, 0.1) is 11.8 Å². The van der Waals surface area contributed by atoms with Crippen LogP contribution in [0.25, 0.3) is 0 Å². The van der Waals surface area contributed by atoms with Gasteiger partial charge in [-0.1, -0.05) is 50.0 Å². The van der Waals surface area contributed by atoms with Crippen molar-refractivity contribution in [1.29, 1.82) is 0 Å². The van der Waals surface area contributed by atoms with Crippen LogP contribution in [0.1, 0.15) is 50.7 Å². The van der Waals surface area contributed by atoms with Crippen LogP contribution in [0.4, 0.5) is 0 Å². The maximum Gasteiger partial charge on any atom is 0.338 e. The lowest BCUT2D eigenvalue weighted by atomic mass is 9.89. The number of morpholine rings is 1. The molecule has 4 atom stereocenters. The summed E-state index contributed by atoms with van der Waals surface area (Å²) in [5.74, 6) is -1.25. The number of halogens is 2. The number of nitrogens with one attached hydrogen (secondary N) is 1. The van der Waals surface area contributed by atoms with Crippen molar-refractivity contribution in [2.24, 2.45) is 16.8 Å². The summed E-state index contributed by atoms with van der Waals surface area (Å²) >= 11 is 14.2. The zero-order chi connectivity index (χ0) is 29.0. The molecule has 3 heterocycles. The molecule has 4 rings (SSSR count). The fraction of sp³-hybridized carbons (Fsp3) is 0.500. The van der Waals surface area contributed by atoms with Crippen LogP contribution in [0.15, 0.2) is 46.0 Å². The maximum atomic E-state index is 13.5. The van der Waals surface area contributed by atoms with E-state index in [1.165, 1.54) is 11.3 Å². The Morgan fingerprint density at radius 1 is 1.30 bits per heavy atom. The molecule has 12 heteroatoms. The molecule has 216 valence electrons. The van der Waals surface area contributed by atoms with E-state index in [-0.39, 0.29) is 24.7 Å². The van der Waals surface area contributed by atoms with Crippen molar-refractivity contribution in [3.63, 3.8) is 0 Å². The van der Waals surface area contributed by atoms with E-state index in [2.05, 4.69) is 29.0 Å². The molecule has 0 aliphatic carbocycles. The Morgan fingerprint density at radius 2 is 2.08 bits per heavy atom. The summed E-state index contributed by atoms with van der Waals surface area (Å²) in [5.41, 5.74) is 1.55. The van der Waals surface area contributed by atoms with E-state index in [1.807, 2.05) is 5.38 Å². The molecule has 2 N–H and O–H groups in total. The number of hydrogen-bond acceptors (Lipinski definition) is 9. The van der Waals surface area contributed by atoms with Crippen molar-refractivity contribution in [3.8, 4) is 0 Å². The first-order valence-electron chi connectivity index (χ1n) is 13.3. The second kappa shape index (κ2) is 13.4. The number of aromatic nitrogens is 1. The smallest absolute Gasteiger partial charge is 0.338 e. The largest absolute Gasteiger partial charge is 0.481 e. The number of aliphatic imine (C=N–C) groups is 1. The van der Waals surface area contributed by atoms with E-state index in [9.17, 15) is 14.7 Å². The molecule has 0 amide bonds. The number of hydrogen-bond donors (Lipinski definition) is 2. The Hall–Kier alpha value is -2.50. The number of amidine groups is 1. The van der Waals surface area contributed by atoms with Crippen molar-refractivity contribution in [3.05, 3.63) is 61.7 Å². The zero-order valence-electron chi connectivity index (χ0n) is 22.9. The number of benzene rings is 1. The van der Waals surface area contributed by atoms with Crippen LogP contribution >= 0.6 is 34.5 Å². The molecule has 1 aromatic carbocycles. The van der Waals surface area contributed by atoms with Crippen LogP contribution in [-0.2, 0) is 19.1 Å². The summed E-state index contributed by atoms with van der Waals surface area (Å²) in [6.45, 7) is 9.17. The minimum Gasteiger partial charge on any atom is -0.481 e. The third-order valence-corrected chi connectivity index (χ3v) is 8.43. The molecule has 0 bridgehead atoms. The van der Waals surface area contributed by atoms with Crippen molar-refractivity contribution >= 4 is 52.3 Å². The summed E-state index contributed by atoms with van der Waals surface area (Å²) in [6.07, 6.45) is 1.93. The van der Waals surface area contributed by atoms with Gasteiger partial charge in [-0.05, 0) is 31.4 Å². The molecule has 1 aromatic heterocycles. The van der Waals surface area contributed by atoms with Crippen LogP contribution in [0.5, 0.6) is 0 Å². The highest BCUT2D eigenvalue weighted by molar-refractivity contribution is 7.11. The normalized spacial score (nSPS) is 22.6. The first-order chi connectivity index (χ1) is 19.1. The lowest BCUT2D eigenvalue weighted by molar-refractivity contribution is -0.144. The Balaban J connectivity index is 1.82. The van der Waals surface area contributed by atoms with Crippen LogP contribution in [0.3, 0.4) is 0 Å². The Bertz CT molecular complexity index is 1280. The first kappa shape index (κ1) is 30.5. The van der Waals surface area contributed by atoms with Gasteiger partial charge < -0.3 is 19.9 Å². The van der Waals surface area contributed by atoms with Crippen molar-refractivity contribution in [1.82, 2.24) is 15.2 Å². The molecular weight excluding hydrogens is 575 g/mol. The third-order valence-electron chi connectivity index (χ3n) is 7.09. The zero-order valence-corrected chi connectivity index (χ0v) is 25.2. The number of aliphatic carboxylic acids is 1. The predicted molar refractivity (Wildman–Crippen MR) is 156 cm³/mol. The predicted octanol–water partition coefficient (Wildman–Crippen LogP) is 5.19. The van der Waals surface area contributed by atoms with Crippen LogP contribution in [-0.4, -0.2) is 71.2 Å². The molecule has 2 aromatic rings. The summed E-state index contributed by atoms with van der Waals surface area (Å²) < 4.78 is 11.7. The number of nitrogens with zero attached hydrogens (tertiary/aromatic N) is 3. The average Bonchev–Trinajstić information content (AvgIpc) is 3.44. The Labute approximate surface area is 248 Å². The highest BCUT2D eigenvalue weighted by atomic mass is 35.5. The number of esters is 1. The Morgan fingerprint density at radius 3 is 2.70 bits per heavy atom. The molecule has 1 fully saturated rings. The van der Waals surface area contributed by atoms with Gasteiger partial charge in [-0.15, -0.1) is 11.3 Å². The quantitative estimate of drug-likeness (QED) is 0.354. The number of carboxylic acid groups (broad SMARTS) is 1. The van der Waals surface area contributed by atoms with E-state index in [0.29, 0.717) is 63.8 Å². The number of ether oxygens (including phenoxy) is 2. The van der Waals surface area contributed by atoms with Gasteiger partial charge in [0.05, 0.1) is 30.8 Å². The molecule has 0 spiro atoms. The van der Waals surface area contributed by atoms with Gasteiger partial charge in [0.15, 0.2) is 10.8 Å². The summed E-state index contributed by atoms with van der Waals surface area (Å²) in [6, 6.07) is 4.15. The number of rotatable bonds is 10. The fourth-order valence-corrected chi connectivity index (χ4v) is 6.24. The van der Waals surface area contributed by atoms with Gasteiger partial charge in [0.2, 0.25) is 0 Å². The summed E-state index contributed by atoms with van der Waals surface area (Å²) in [4.78, 5) is 36.9. The average molecular weight is 610 g/mol. The standard InChI is InChI=1S/C28H34Cl2N4O5S/c1-5-38-28(37)22-20(14-34-9-10-39-24(15(2)3)21(34)12-16(4)27(35)36)32-25(26-31-8-11-40-26)33-23(22)18-7-6-17(29)13-19(18)30/h6-8,11,13,15-16,21,23-24H,5,9-10,12,14H2,1-4H3,(H,32,33)(H,35,36)/t16?,21-,23+,24-/m1/s1. The SMILES string of the molecule is CCOC(=O)C1=C(CN2CCO[C@H](C(C)C)[C@H]2CC(C)C(=O)O)NC(c2nccs2)=N[C@H]1c1ccc(Cl)cc1Cl. The molecule has 2 aliphatic rings. The van der Waals surface area contributed by atoms with Gasteiger partial charge in [-0.3, -0.25) is 14.7 Å². The van der Waals surface area contributed by atoms with Gasteiger partial charge in [0, 0.05) is 52.0 Å². The fourth-order valence-electron chi connectivity index (χ4n) is 5.14. The highest BCUT2D eigenvalue weighted by Crippen LogP contribution is 2.38. The lowest BCUT2D eigenvalue weighted by Crippen LogP contribution is -2.55. The molecule has 0 saturated carbocycles. The van der Waals surface area contributed by atoms with Gasteiger partial charge in [0.25, 0.3) is 0 Å². The number of carbonyl (C=O) groups is 2. The van der Waals surface area contributed by atoms with E-state index in [1.54, 1.807) is 38.2 Å². The summed E-state index contributed by atoms with van der Waals surface area (Å²) in [7, 11) is 0. The van der Waals surface area contributed by atoms with Crippen molar-refractivity contribution < 1.29 is 24.2 Å². The Kier molecular flexibility index (Phi) is 10.2. The van der Waals surface area contributed by atoms with Crippen molar-refractivity contribution in [2.45, 2.75) is 52.3 Å². The molecular formula is C28H34Cl2N4O5S. The third kappa shape index (κ3) is 6.86. The van der Waals surface area contributed by atoms with Gasteiger partial charge >= 0.3 is 11.9 Å². The molecule has 9 nitrogen and oxygen atoms in total. The van der Waals surface area contributed by atoms with E-state index < -0.39 is 23.9 Å². The minimum atomic E-state index is -0.856. The van der Waals surface area contributed by atoms with Gasteiger partial charge in [-0.25, -0.2) is 9.78 Å². The van der Waals surface area contributed by atoms with Gasteiger partial charge in [-0.2, -0.15) is 0 Å². The van der Waals surface area contributed by atoms with E-state index in [0.717, 1.165) is 0 Å². The second-order valence-electron chi connectivity index (χ2n) is 10.2. The molecule has 40 heavy (non-hydrogen) atoms. The molecule has 1 saturated heterocycles. The van der Waals surface area contributed by atoms with E-state index >= 15 is 0 Å². The molecule has 1 unspecified atom stereocenters. The second-order valence-corrected chi connectivity index (χ2v) is 12.0. The van der Waals surface area contributed by atoms with E-state index in [4.69, 9.17) is 37.7 Å². The monoisotopic (exact) mass is 608 g/mol. The summed E-state index contributed by atoms with van der Waals surface area (Å²) in [5, 5.41) is 16.4. The van der Waals surface area contributed by atoms with Crippen molar-refractivity contribution in [2.75, 3.05) is 26.3 Å². The number of thiazole rings is 1. The molecule has 2 aliphatic heterocycles.